The summed E-state index contributed by atoms with van der Waals surface area (Å²) in [6.07, 6.45) is 1.17. The van der Waals surface area contributed by atoms with Crippen LogP contribution in [0.5, 0.6) is 0 Å². The molecule has 2 rings (SSSR count). The van der Waals surface area contributed by atoms with Crippen LogP contribution in [0.1, 0.15) is 24.9 Å². The van der Waals surface area contributed by atoms with E-state index < -0.39 is 0 Å². The van der Waals surface area contributed by atoms with E-state index in [9.17, 15) is 0 Å². The van der Waals surface area contributed by atoms with Crippen molar-refractivity contribution in [2.75, 3.05) is 19.8 Å². The molecular formula is C11H16BrNOS. The van der Waals surface area contributed by atoms with Gasteiger partial charge in [-0.1, -0.05) is 6.92 Å². The minimum absolute atomic E-state index is 0.443. The summed E-state index contributed by atoms with van der Waals surface area (Å²) in [5.41, 5.74) is 1.39. The first-order valence-corrected chi connectivity index (χ1v) is 7.09. The third-order valence-electron chi connectivity index (χ3n) is 2.84. The highest BCUT2D eigenvalue weighted by Crippen LogP contribution is 2.34. The monoisotopic (exact) mass is 289 g/mol. The number of thiophene rings is 1. The van der Waals surface area contributed by atoms with Crippen LogP contribution in [0.25, 0.3) is 0 Å². The van der Waals surface area contributed by atoms with Gasteiger partial charge in [0.2, 0.25) is 0 Å². The van der Waals surface area contributed by atoms with Crippen LogP contribution in [0.4, 0.5) is 0 Å². The molecule has 1 aliphatic heterocycles. The molecule has 84 valence electrons. The number of halogens is 1. The molecule has 0 saturated carbocycles. The van der Waals surface area contributed by atoms with Crippen LogP contribution in [0.15, 0.2) is 15.2 Å². The van der Waals surface area contributed by atoms with Gasteiger partial charge in [0.05, 0.1) is 6.61 Å². The fraction of sp³-hybridized carbons (Fsp3) is 0.636. The lowest BCUT2D eigenvalue weighted by Gasteiger charge is -2.23. The summed E-state index contributed by atoms with van der Waals surface area (Å²) in [7, 11) is 0. The van der Waals surface area contributed by atoms with Gasteiger partial charge in [0, 0.05) is 28.4 Å². The van der Waals surface area contributed by atoms with Crippen molar-refractivity contribution in [1.29, 1.82) is 0 Å². The van der Waals surface area contributed by atoms with Crippen molar-refractivity contribution in [3.63, 3.8) is 0 Å². The summed E-state index contributed by atoms with van der Waals surface area (Å²) in [6, 6.07) is 0.443. The second-order valence-electron chi connectivity index (χ2n) is 3.83. The third kappa shape index (κ3) is 2.61. The quantitative estimate of drug-likeness (QED) is 0.919. The van der Waals surface area contributed by atoms with Crippen molar-refractivity contribution in [2.24, 2.45) is 5.92 Å². The summed E-state index contributed by atoms with van der Waals surface area (Å²) >= 11 is 5.37. The van der Waals surface area contributed by atoms with Gasteiger partial charge in [-0.3, -0.25) is 0 Å². The Labute approximate surface area is 103 Å². The Morgan fingerprint density at radius 1 is 1.67 bits per heavy atom. The van der Waals surface area contributed by atoms with Gasteiger partial charge in [-0.25, -0.2) is 0 Å². The summed E-state index contributed by atoms with van der Waals surface area (Å²) in [5, 5.41) is 7.94. The minimum atomic E-state index is 0.443. The topological polar surface area (TPSA) is 21.3 Å². The lowest BCUT2D eigenvalue weighted by atomic mass is 9.94. The van der Waals surface area contributed by atoms with Gasteiger partial charge < -0.3 is 10.1 Å². The lowest BCUT2D eigenvalue weighted by Crippen LogP contribution is -2.28. The molecule has 4 heteroatoms. The predicted molar refractivity (Wildman–Crippen MR) is 67.4 cm³/mol. The van der Waals surface area contributed by atoms with Crippen LogP contribution in [0.2, 0.25) is 0 Å². The Balaban J connectivity index is 2.15. The molecule has 1 aromatic rings. The Bertz CT molecular complexity index is 309. The van der Waals surface area contributed by atoms with Crippen molar-refractivity contribution in [3.8, 4) is 0 Å². The molecule has 1 fully saturated rings. The van der Waals surface area contributed by atoms with Crippen LogP contribution in [0, 0.1) is 5.92 Å². The van der Waals surface area contributed by atoms with Crippen molar-refractivity contribution in [1.82, 2.24) is 5.32 Å². The Morgan fingerprint density at radius 2 is 2.53 bits per heavy atom. The van der Waals surface area contributed by atoms with Crippen LogP contribution >= 0.6 is 27.3 Å². The molecule has 1 saturated heterocycles. The summed E-state index contributed by atoms with van der Waals surface area (Å²) in [4.78, 5) is 0. The smallest absolute Gasteiger partial charge is 0.0513 e. The summed E-state index contributed by atoms with van der Waals surface area (Å²) < 4.78 is 6.70. The van der Waals surface area contributed by atoms with E-state index in [1.54, 1.807) is 11.3 Å². The second-order valence-corrected chi connectivity index (χ2v) is 5.43. The molecule has 1 aliphatic rings. The number of hydrogen-bond donors (Lipinski definition) is 1. The molecular weight excluding hydrogens is 274 g/mol. The number of ether oxygens (including phenoxy) is 1. The van der Waals surface area contributed by atoms with Crippen LogP contribution in [0.3, 0.4) is 0 Å². The standard InChI is InChI=1S/C11H16BrNOS/c1-2-13-11(8-3-4-14-5-8)9-6-15-7-10(9)12/h6-8,11,13H,2-5H2,1H3. The molecule has 0 amide bonds. The maximum Gasteiger partial charge on any atom is 0.0513 e. The van der Waals surface area contributed by atoms with Crippen molar-refractivity contribution < 1.29 is 4.74 Å². The van der Waals surface area contributed by atoms with E-state index in [2.05, 4.69) is 38.9 Å². The highest BCUT2D eigenvalue weighted by molar-refractivity contribution is 9.10. The zero-order valence-corrected chi connectivity index (χ0v) is 11.2. The first-order chi connectivity index (χ1) is 7.33. The molecule has 15 heavy (non-hydrogen) atoms. The Hall–Kier alpha value is 0.1000. The van der Waals surface area contributed by atoms with Crippen molar-refractivity contribution in [3.05, 3.63) is 20.8 Å². The van der Waals surface area contributed by atoms with Crippen LogP contribution < -0.4 is 5.32 Å². The first kappa shape index (κ1) is 11.6. The predicted octanol–water partition coefficient (Wildman–Crippen LogP) is 3.20. The fourth-order valence-electron chi connectivity index (χ4n) is 2.08. The zero-order chi connectivity index (χ0) is 10.7. The van der Waals surface area contributed by atoms with Gasteiger partial charge in [0.15, 0.2) is 0 Å². The first-order valence-electron chi connectivity index (χ1n) is 5.35. The molecule has 0 aromatic carbocycles. The average Bonchev–Trinajstić information content (AvgIpc) is 2.85. The molecule has 0 aliphatic carbocycles. The normalized spacial score (nSPS) is 23.2. The molecule has 2 unspecified atom stereocenters. The largest absolute Gasteiger partial charge is 0.381 e. The molecule has 2 nitrogen and oxygen atoms in total. The van der Waals surface area contributed by atoms with E-state index in [1.165, 1.54) is 16.5 Å². The molecule has 1 aromatic heterocycles. The fourth-order valence-corrected chi connectivity index (χ4v) is 3.66. The number of nitrogens with one attached hydrogen (secondary N) is 1. The molecule has 2 atom stereocenters. The van der Waals surface area contributed by atoms with E-state index in [0.717, 1.165) is 19.8 Å². The molecule has 0 spiro atoms. The number of hydrogen-bond acceptors (Lipinski definition) is 3. The van der Waals surface area contributed by atoms with Gasteiger partial charge in [-0.15, -0.1) is 0 Å². The molecule has 0 bridgehead atoms. The van der Waals surface area contributed by atoms with E-state index in [4.69, 9.17) is 4.74 Å². The van der Waals surface area contributed by atoms with Gasteiger partial charge in [0.1, 0.15) is 0 Å². The maximum atomic E-state index is 5.47. The highest BCUT2D eigenvalue weighted by atomic mass is 79.9. The highest BCUT2D eigenvalue weighted by Gasteiger charge is 2.27. The van der Waals surface area contributed by atoms with Gasteiger partial charge in [-0.05, 0) is 39.8 Å². The van der Waals surface area contributed by atoms with Crippen LogP contribution in [-0.4, -0.2) is 19.8 Å². The average molecular weight is 290 g/mol. The zero-order valence-electron chi connectivity index (χ0n) is 8.83. The molecule has 1 N–H and O–H groups in total. The SMILES string of the molecule is CCNC(c1cscc1Br)C1CCOC1. The van der Waals surface area contributed by atoms with Gasteiger partial charge in [0.25, 0.3) is 0 Å². The van der Waals surface area contributed by atoms with E-state index >= 15 is 0 Å². The Kier molecular flexibility index (Phi) is 4.20. The summed E-state index contributed by atoms with van der Waals surface area (Å²) in [6.45, 7) is 4.96. The molecule has 0 radical (unpaired) electrons. The van der Waals surface area contributed by atoms with E-state index in [-0.39, 0.29) is 0 Å². The minimum Gasteiger partial charge on any atom is -0.381 e. The van der Waals surface area contributed by atoms with Crippen molar-refractivity contribution >= 4 is 27.3 Å². The third-order valence-corrected chi connectivity index (χ3v) is 4.59. The Morgan fingerprint density at radius 3 is 3.07 bits per heavy atom. The van der Waals surface area contributed by atoms with Crippen molar-refractivity contribution in [2.45, 2.75) is 19.4 Å². The molecule has 2 heterocycles. The van der Waals surface area contributed by atoms with Crippen LogP contribution in [-0.2, 0) is 4.74 Å². The van der Waals surface area contributed by atoms with E-state index in [0.29, 0.717) is 12.0 Å². The van der Waals surface area contributed by atoms with E-state index in [1.807, 2.05) is 0 Å². The van der Waals surface area contributed by atoms with Gasteiger partial charge >= 0.3 is 0 Å². The second kappa shape index (κ2) is 5.43. The number of rotatable bonds is 4. The lowest BCUT2D eigenvalue weighted by molar-refractivity contribution is 0.177. The summed E-state index contributed by atoms with van der Waals surface area (Å²) in [5.74, 6) is 0.621. The van der Waals surface area contributed by atoms with Gasteiger partial charge in [-0.2, -0.15) is 11.3 Å². The maximum absolute atomic E-state index is 5.47.